The number of phenolic OH excluding ortho intramolecular Hbond substituents is 1. The molecule has 0 bridgehead atoms. The zero-order chi connectivity index (χ0) is 18.6. The lowest BCUT2D eigenvalue weighted by Gasteiger charge is -2.30. The van der Waals surface area contributed by atoms with Crippen molar-refractivity contribution >= 4 is 11.0 Å². The first-order chi connectivity index (χ1) is 11.5. The molecule has 0 aliphatic rings. The number of para-hydroxylation sites is 2. The highest BCUT2D eigenvalue weighted by Gasteiger charge is 2.29. The normalized spacial score (nSPS) is 12.8. The number of aromatic hydroxyl groups is 1. The Bertz CT molecular complexity index is 902. The third-order valence-corrected chi connectivity index (χ3v) is 4.75. The van der Waals surface area contributed by atoms with Crippen molar-refractivity contribution in [1.29, 1.82) is 0 Å². The SMILES string of the molecule is Cn1c(-c2c(C(C)(C)C)cc(O)cc2C(C)(C)C)nc2ccccc21. The molecule has 1 N–H and O–H groups in total. The average Bonchev–Trinajstić information content (AvgIpc) is 2.82. The number of aromatic nitrogens is 2. The van der Waals surface area contributed by atoms with Crippen molar-refractivity contribution in [3.63, 3.8) is 0 Å². The Morgan fingerprint density at radius 2 is 1.40 bits per heavy atom. The van der Waals surface area contributed by atoms with Crippen molar-refractivity contribution in [2.24, 2.45) is 7.05 Å². The molecule has 0 saturated carbocycles. The molecule has 0 atom stereocenters. The van der Waals surface area contributed by atoms with E-state index >= 15 is 0 Å². The number of imidazole rings is 1. The van der Waals surface area contributed by atoms with E-state index in [1.165, 1.54) is 0 Å². The molecular formula is C22H28N2O. The van der Waals surface area contributed by atoms with E-state index in [1.54, 1.807) is 0 Å². The first-order valence-corrected chi connectivity index (χ1v) is 8.80. The van der Waals surface area contributed by atoms with Gasteiger partial charge in [-0.15, -0.1) is 0 Å². The standard InChI is InChI=1S/C22H28N2O/c1-21(2,3)15-12-14(25)13-16(22(4,5)6)19(15)20-23-17-10-8-9-11-18(17)24(20)7/h8-13,25H,1-7H3. The number of fused-ring (bicyclic) bond motifs is 1. The van der Waals surface area contributed by atoms with E-state index in [0.29, 0.717) is 5.75 Å². The molecule has 3 heteroatoms. The fourth-order valence-electron chi connectivity index (χ4n) is 3.42. The lowest BCUT2D eigenvalue weighted by molar-refractivity contribution is 0.466. The van der Waals surface area contributed by atoms with Crippen LogP contribution in [0.1, 0.15) is 52.7 Å². The van der Waals surface area contributed by atoms with Gasteiger partial charge in [0.2, 0.25) is 0 Å². The summed E-state index contributed by atoms with van der Waals surface area (Å²) in [7, 11) is 2.07. The van der Waals surface area contributed by atoms with Gasteiger partial charge in [-0.05, 0) is 46.2 Å². The quantitative estimate of drug-likeness (QED) is 0.633. The monoisotopic (exact) mass is 336 g/mol. The van der Waals surface area contributed by atoms with E-state index in [1.807, 2.05) is 30.3 Å². The molecular weight excluding hydrogens is 308 g/mol. The van der Waals surface area contributed by atoms with Gasteiger partial charge in [0.1, 0.15) is 11.6 Å². The second kappa shape index (κ2) is 5.62. The molecule has 0 fully saturated rings. The van der Waals surface area contributed by atoms with E-state index in [9.17, 15) is 5.11 Å². The Hall–Kier alpha value is -2.29. The highest BCUT2D eigenvalue weighted by molar-refractivity contribution is 5.83. The predicted octanol–water partition coefficient (Wildman–Crippen LogP) is 5.54. The molecule has 0 aliphatic heterocycles. The molecule has 3 rings (SSSR count). The molecule has 1 aromatic heterocycles. The van der Waals surface area contributed by atoms with E-state index in [2.05, 4.69) is 59.2 Å². The van der Waals surface area contributed by atoms with E-state index in [-0.39, 0.29) is 10.8 Å². The Morgan fingerprint density at radius 3 is 1.88 bits per heavy atom. The van der Waals surface area contributed by atoms with Gasteiger partial charge in [0.05, 0.1) is 11.0 Å². The summed E-state index contributed by atoms with van der Waals surface area (Å²) in [6.07, 6.45) is 0. The Balaban J connectivity index is 2.46. The summed E-state index contributed by atoms with van der Waals surface area (Å²) in [6, 6.07) is 12.0. The molecule has 2 aromatic carbocycles. The summed E-state index contributed by atoms with van der Waals surface area (Å²) in [6.45, 7) is 13.1. The van der Waals surface area contributed by atoms with E-state index in [0.717, 1.165) is 33.5 Å². The number of hydrogen-bond donors (Lipinski definition) is 1. The number of nitrogens with zero attached hydrogens (tertiary/aromatic N) is 2. The van der Waals surface area contributed by atoms with Gasteiger partial charge in [-0.1, -0.05) is 53.7 Å². The Morgan fingerprint density at radius 1 is 0.880 bits per heavy atom. The summed E-state index contributed by atoms with van der Waals surface area (Å²) in [5.41, 5.74) is 5.28. The molecule has 0 unspecified atom stereocenters. The lowest BCUT2D eigenvalue weighted by Crippen LogP contribution is -2.20. The zero-order valence-corrected chi connectivity index (χ0v) is 16.3. The fraction of sp³-hybridized carbons (Fsp3) is 0.409. The molecule has 1 heterocycles. The number of rotatable bonds is 1. The maximum atomic E-state index is 10.4. The minimum Gasteiger partial charge on any atom is -0.508 e. The summed E-state index contributed by atoms with van der Waals surface area (Å²) in [4.78, 5) is 4.94. The van der Waals surface area contributed by atoms with Gasteiger partial charge in [-0.3, -0.25) is 0 Å². The van der Waals surface area contributed by atoms with Crippen molar-refractivity contribution in [2.75, 3.05) is 0 Å². The van der Waals surface area contributed by atoms with Crippen LogP contribution in [0.2, 0.25) is 0 Å². The Kier molecular flexibility index (Phi) is 3.94. The van der Waals surface area contributed by atoms with Gasteiger partial charge < -0.3 is 9.67 Å². The highest BCUT2D eigenvalue weighted by Crippen LogP contribution is 2.42. The summed E-state index contributed by atoms with van der Waals surface area (Å²) < 4.78 is 2.16. The molecule has 132 valence electrons. The topological polar surface area (TPSA) is 38.0 Å². The molecule has 25 heavy (non-hydrogen) atoms. The smallest absolute Gasteiger partial charge is 0.141 e. The van der Waals surface area contributed by atoms with Gasteiger partial charge >= 0.3 is 0 Å². The molecule has 3 nitrogen and oxygen atoms in total. The van der Waals surface area contributed by atoms with Gasteiger partial charge in [-0.25, -0.2) is 4.98 Å². The van der Waals surface area contributed by atoms with Crippen molar-refractivity contribution in [3.8, 4) is 17.1 Å². The van der Waals surface area contributed by atoms with Crippen LogP contribution in [-0.4, -0.2) is 14.7 Å². The number of phenols is 1. The molecule has 0 saturated heterocycles. The van der Waals surface area contributed by atoms with Crippen LogP contribution in [0.25, 0.3) is 22.4 Å². The lowest BCUT2D eigenvalue weighted by atomic mass is 9.76. The van der Waals surface area contributed by atoms with Gasteiger partial charge in [0.25, 0.3) is 0 Å². The van der Waals surface area contributed by atoms with Crippen LogP contribution in [0.3, 0.4) is 0 Å². The van der Waals surface area contributed by atoms with Gasteiger partial charge in [0, 0.05) is 12.6 Å². The van der Waals surface area contributed by atoms with Crippen molar-refractivity contribution in [3.05, 3.63) is 47.5 Å². The van der Waals surface area contributed by atoms with Gasteiger partial charge in [0.15, 0.2) is 0 Å². The molecule has 3 aromatic rings. The van der Waals surface area contributed by atoms with E-state index < -0.39 is 0 Å². The second-order valence-electron chi connectivity index (χ2n) is 8.90. The van der Waals surface area contributed by atoms with Crippen LogP contribution in [0.15, 0.2) is 36.4 Å². The first-order valence-electron chi connectivity index (χ1n) is 8.80. The highest BCUT2D eigenvalue weighted by atomic mass is 16.3. The minimum absolute atomic E-state index is 0.105. The fourth-order valence-corrected chi connectivity index (χ4v) is 3.42. The third-order valence-electron chi connectivity index (χ3n) is 4.75. The first kappa shape index (κ1) is 17.5. The van der Waals surface area contributed by atoms with Crippen molar-refractivity contribution < 1.29 is 5.11 Å². The molecule has 0 aliphatic carbocycles. The molecule has 0 radical (unpaired) electrons. The van der Waals surface area contributed by atoms with Crippen LogP contribution in [0, 0.1) is 0 Å². The molecule has 0 spiro atoms. The summed E-state index contributed by atoms with van der Waals surface area (Å²) >= 11 is 0. The van der Waals surface area contributed by atoms with Crippen LogP contribution < -0.4 is 0 Å². The number of benzene rings is 2. The van der Waals surface area contributed by atoms with Crippen molar-refractivity contribution in [2.45, 2.75) is 52.4 Å². The summed E-state index contributed by atoms with van der Waals surface area (Å²) in [5.74, 6) is 1.27. The van der Waals surface area contributed by atoms with Gasteiger partial charge in [-0.2, -0.15) is 0 Å². The third kappa shape index (κ3) is 3.04. The van der Waals surface area contributed by atoms with Crippen LogP contribution in [0.5, 0.6) is 5.75 Å². The zero-order valence-electron chi connectivity index (χ0n) is 16.3. The second-order valence-corrected chi connectivity index (χ2v) is 8.90. The summed E-state index contributed by atoms with van der Waals surface area (Å²) in [5, 5.41) is 10.4. The average molecular weight is 336 g/mol. The van der Waals surface area contributed by atoms with Crippen LogP contribution in [0.4, 0.5) is 0 Å². The van der Waals surface area contributed by atoms with Crippen LogP contribution in [-0.2, 0) is 17.9 Å². The van der Waals surface area contributed by atoms with Crippen molar-refractivity contribution in [1.82, 2.24) is 9.55 Å². The minimum atomic E-state index is -0.105. The van der Waals surface area contributed by atoms with Crippen LogP contribution >= 0.6 is 0 Å². The molecule has 0 amide bonds. The largest absolute Gasteiger partial charge is 0.508 e. The predicted molar refractivity (Wildman–Crippen MR) is 105 cm³/mol. The van der Waals surface area contributed by atoms with E-state index in [4.69, 9.17) is 4.98 Å². The number of aryl methyl sites for hydroxylation is 1. The maximum Gasteiger partial charge on any atom is 0.141 e. The number of hydrogen-bond acceptors (Lipinski definition) is 2. The maximum absolute atomic E-state index is 10.4. The Labute approximate surface area is 150 Å².